The van der Waals surface area contributed by atoms with Crippen molar-refractivity contribution in [3.05, 3.63) is 60.1 Å². The molecule has 1 saturated carbocycles. The molecule has 1 aliphatic carbocycles. The van der Waals surface area contributed by atoms with Gasteiger partial charge in [0.15, 0.2) is 0 Å². The first-order valence-corrected chi connectivity index (χ1v) is 9.22. The fourth-order valence-corrected chi connectivity index (χ4v) is 3.65. The van der Waals surface area contributed by atoms with Crippen molar-refractivity contribution in [3.8, 4) is 11.3 Å². The second kappa shape index (κ2) is 6.66. The number of aromatic nitrogens is 3. The number of amides is 1. The van der Waals surface area contributed by atoms with E-state index >= 15 is 0 Å². The summed E-state index contributed by atoms with van der Waals surface area (Å²) in [6, 6.07) is 13.9. The lowest BCUT2D eigenvalue weighted by atomic mass is 9.86. The molecule has 7 nitrogen and oxygen atoms in total. The van der Waals surface area contributed by atoms with Crippen molar-refractivity contribution >= 4 is 5.91 Å². The van der Waals surface area contributed by atoms with E-state index in [1.54, 1.807) is 6.07 Å². The fourth-order valence-electron chi connectivity index (χ4n) is 3.65. The summed E-state index contributed by atoms with van der Waals surface area (Å²) in [6.07, 6.45) is 3.58. The van der Waals surface area contributed by atoms with E-state index in [4.69, 9.17) is 9.26 Å². The molecule has 3 heterocycles. The first-order valence-electron chi connectivity index (χ1n) is 9.22. The molecule has 1 aromatic carbocycles. The number of hydrogen-bond acceptors (Lipinski definition) is 5. The zero-order valence-electron chi connectivity index (χ0n) is 14.7. The Labute approximate surface area is 156 Å². The van der Waals surface area contributed by atoms with E-state index in [1.165, 1.54) is 5.69 Å². The van der Waals surface area contributed by atoms with Crippen LogP contribution < -0.4 is 5.32 Å². The van der Waals surface area contributed by atoms with Crippen LogP contribution in [0.2, 0.25) is 0 Å². The summed E-state index contributed by atoms with van der Waals surface area (Å²) in [7, 11) is 0. The number of benzene rings is 1. The Morgan fingerprint density at radius 2 is 1.96 bits per heavy atom. The van der Waals surface area contributed by atoms with Crippen molar-refractivity contribution in [2.24, 2.45) is 0 Å². The third-order valence-electron chi connectivity index (χ3n) is 5.36. The second-order valence-corrected chi connectivity index (χ2v) is 7.17. The molecule has 0 bridgehead atoms. The van der Waals surface area contributed by atoms with Gasteiger partial charge < -0.3 is 14.6 Å². The third kappa shape index (κ3) is 3.04. The predicted octanol–water partition coefficient (Wildman–Crippen LogP) is 2.79. The van der Waals surface area contributed by atoms with Gasteiger partial charge in [0.25, 0.3) is 5.91 Å². The van der Waals surface area contributed by atoms with E-state index in [9.17, 15) is 4.79 Å². The molecule has 2 fully saturated rings. The van der Waals surface area contributed by atoms with E-state index < -0.39 is 0 Å². The first kappa shape index (κ1) is 16.3. The molecule has 3 aromatic rings. The van der Waals surface area contributed by atoms with E-state index in [0.29, 0.717) is 17.7 Å². The van der Waals surface area contributed by atoms with Crippen molar-refractivity contribution < 1.29 is 14.1 Å². The molecule has 5 rings (SSSR count). The molecule has 2 aromatic heterocycles. The van der Waals surface area contributed by atoms with Crippen LogP contribution >= 0.6 is 0 Å². The Morgan fingerprint density at radius 3 is 2.70 bits per heavy atom. The molecule has 1 amide bonds. The average Bonchev–Trinajstić information content (AvgIpc) is 3.27. The Bertz CT molecular complexity index is 939. The van der Waals surface area contributed by atoms with Gasteiger partial charge in [-0.15, -0.1) is 0 Å². The zero-order chi connectivity index (χ0) is 18.2. The number of carbonyl (C=O) groups is 1. The van der Waals surface area contributed by atoms with Gasteiger partial charge in [0.1, 0.15) is 5.69 Å². The van der Waals surface area contributed by atoms with E-state index in [2.05, 4.69) is 26.3 Å². The highest BCUT2D eigenvalue weighted by Crippen LogP contribution is 2.35. The summed E-state index contributed by atoms with van der Waals surface area (Å²) in [6.45, 7) is 1.54. The number of ether oxygens (including phenoxy) is 1. The number of nitrogens with one attached hydrogen (secondary N) is 1. The summed E-state index contributed by atoms with van der Waals surface area (Å²) in [5, 5.41) is 11.5. The summed E-state index contributed by atoms with van der Waals surface area (Å²) in [5.41, 5.74) is 2.82. The van der Waals surface area contributed by atoms with Gasteiger partial charge in [0, 0.05) is 35.5 Å². The highest BCUT2D eigenvalue weighted by molar-refractivity contribution is 5.92. The van der Waals surface area contributed by atoms with Gasteiger partial charge in [-0.3, -0.25) is 9.48 Å². The average molecular weight is 364 g/mol. The Morgan fingerprint density at radius 1 is 1.15 bits per heavy atom. The van der Waals surface area contributed by atoms with Crippen LogP contribution in [-0.2, 0) is 4.74 Å². The molecule has 0 unspecified atom stereocenters. The minimum absolute atomic E-state index is 0.127. The highest BCUT2D eigenvalue weighted by Gasteiger charge is 2.36. The maximum absolute atomic E-state index is 12.4. The minimum atomic E-state index is -0.221. The molecule has 1 aliphatic heterocycles. The Hall–Kier alpha value is -2.93. The smallest absolute Gasteiger partial charge is 0.290 e. The van der Waals surface area contributed by atoms with Gasteiger partial charge in [0.2, 0.25) is 5.76 Å². The quantitative estimate of drug-likeness (QED) is 0.753. The second-order valence-electron chi connectivity index (χ2n) is 7.17. The van der Waals surface area contributed by atoms with Gasteiger partial charge in [-0.2, -0.15) is 5.10 Å². The van der Waals surface area contributed by atoms with Gasteiger partial charge in [-0.05, 0) is 18.9 Å². The molecular weight excluding hydrogens is 344 g/mol. The molecule has 0 spiro atoms. The Kier molecular flexibility index (Phi) is 4.01. The van der Waals surface area contributed by atoms with Gasteiger partial charge >= 0.3 is 0 Å². The van der Waals surface area contributed by atoms with Crippen LogP contribution in [0, 0.1) is 0 Å². The Balaban J connectivity index is 1.19. The zero-order valence-corrected chi connectivity index (χ0v) is 14.7. The predicted molar refractivity (Wildman–Crippen MR) is 97.3 cm³/mol. The standard InChI is InChI=1S/C20H20N4O3/c25-20(19-10-17(23-27-19)13-4-2-1-3-5-13)22-15-8-16(9-15)24-18(6-7-21-24)14-11-26-12-14/h1-7,10,14-16H,8-9,11-12H2,(H,22,25). The van der Waals surface area contributed by atoms with Crippen molar-refractivity contribution in [2.75, 3.05) is 13.2 Å². The van der Waals surface area contributed by atoms with Crippen LogP contribution in [0.4, 0.5) is 0 Å². The molecule has 2 aliphatic rings. The van der Waals surface area contributed by atoms with Crippen LogP contribution in [0.25, 0.3) is 11.3 Å². The van der Waals surface area contributed by atoms with Gasteiger partial charge in [-0.1, -0.05) is 35.5 Å². The summed E-state index contributed by atoms with van der Waals surface area (Å²) in [5.74, 6) is 0.469. The van der Waals surface area contributed by atoms with Gasteiger partial charge in [0.05, 0.1) is 19.3 Å². The molecule has 7 heteroatoms. The maximum Gasteiger partial charge on any atom is 0.290 e. The van der Waals surface area contributed by atoms with Crippen LogP contribution in [0.15, 0.2) is 53.2 Å². The van der Waals surface area contributed by atoms with E-state index in [0.717, 1.165) is 31.6 Å². The monoisotopic (exact) mass is 364 g/mol. The van der Waals surface area contributed by atoms with E-state index in [-0.39, 0.29) is 17.7 Å². The molecule has 0 radical (unpaired) electrons. The number of rotatable bonds is 5. The molecule has 1 N–H and O–H groups in total. The fraction of sp³-hybridized carbons (Fsp3) is 0.350. The maximum atomic E-state index is 12.4. The molecular formula is C20H20N4O3. The normalized spacial score (nSPS) is 22.1. The SMILES string of the molecule is O=C(NC1CC(n2nccc2C2COC2)C1)c1cc(-c2ccccc2)no1. The topological polar surface area (TPSA) is 82.2 Å². The first-order chi connectivity index (χ1) is 13.3. The van der Waals surface area contributed by atoms with Crippen molar-refractivity contribution in [2.45, 2.75) is 30.8 Å². The summed E-state index contributed by atoms with van der Waals surface area (Å²) in [4.78, 5) is 12.4. The number of nitrogens with zero attached hydrogens (tertiary/aromatic N) is 3. The van der Waals surface area contributed by atoms with Crippen molar-refractivity contribution in [1.29, 1.82) is 0 Å². The lowest BCUT2D eigenvalue weighted by molar-refractivity contribution is 0.00301. The molecule has 1 saturated heterocycles. The lowest BCUT2D eigenvalue weighted by Gasteiger charge is -2.38. The lowest BCUT2D eigenvalue weighted by Crippen LogP contribution is -2.46. The molecule has 0 atom stereocenters. The van der Waals surface area contributed by atoms with E-state index in [1.807, 2.05) is 36.5 Å². The van der Waals surface area contributed by atoms with Crippen LogP contribution in [0.5, 0.6) is 0 Å². The summed E-state index contributed by atoms with van der Waals surface area (Å²) >= 11 is 0. The molecule has 27 heavy (non-hydrogen) atoms. The third-order valence-corrected chi connectivity index (χ3v) is 5.36. The van der Waals surface area contributed by atoms with Crippen LogP contribution in [0.1, 0.15) is 41.1 Å². The van der Waals surface area contributed by atoms with Gasteiger partial charge in [-0.25, -0.2) is 0 Å². The number of hydrogen-bond donors (Lipinski definition) is 1. The summed E-state index contributed by atoms with van der Waals surface area (Å²) < 4.78 is 12.6. The highest BCUT2D eigenvalue weighted by atomic mass is 16.5. The van der Waals surface area contributed by atoms with Crippen molar-refractivity contribution in [1.82, 2.24) is 20.3 Å². The van der Waals surface area contributed by atoms with Crippen LogP contribution in [-0.4, -0.2) is 40.1 Å². The largest absolute Gasteiger partial charge is 0.380 e. The van der Waals surface area contributed by atoms with Crippen LogP contribution in [0.3, 0.4) is 0 Å². The number of carbonyl (C=O) groups excluding carboxylic acids is 1. The minimum Gasteiger partial charge on any atom is -0.380 e. The van der Waals surface area contributed by atoms with Crippen molar-refractivity contribution in [3.63, 3.8) is 0 Å². The molecule has 138 valence electrons.